The fourth-order valence-corrected chi connectivity index (χ4v) is 5.88. The lowest BCUT2D eigenvalue weighted by atomic mass is 9.87. The fraction of sp³-hybridized carbons (Fsp3) is 0.655. The molecule has 0 bridgehead atoms. The van der Waals surface area contributed by atoms with Gasteiger partial charge in [0, 0.05) is 13.1 Å². The molecule has 38 heavy (non-hydrogen) atoms. The molecule has 4 rings (SSSR count). The zero-order valence-corrected chi connectivity index (χ0v) is 23.3. The number of rotatable bonds is 5. The Kier molecular flexibility index (Phi) is 8.33. The SMILES string of the molecule is CC(C(=O)NC1CCCC2CCC(C(=O)NC3CCCc4ccccc43)N2C1=O)N(C)C(=O)OC(C)(C)C. The average molecular weight is 527 g/mol. The number of carbonyl (C=O) groups is 4. The van der Waals surface area contributed by atoms with Gasteiger partial charge in [-0.15, -0.1) is 0 Å². The Bertz CT molecular complexity index is 1070. The highest BCUT2D eigenvalue weighted by Crippen LogP contribution is 2.34. The van der Waals surface area contributed by atoms with Gasteiger partial charge in [0.05, 0.1) is 6.04 Å². The maximum absolute atomic E-state index is 13.7. The van der Waals surface area contributed by atoms with E-state index in [0.717, 1.165) is 44.1 Å². The summed E-state index contributed by atoms with van der Waals surface area (Å²) in [4.78, 5) is 55.7. The topological polar surface area (TPSA) is 108 Å². The second kappa shape index (κ2) is 11.3. The van der Waals surface area contributed by atoms with Gasteiger partial charge in [0.15, 0.2) is 0 Å². The molecule has 1 aromatic carbocycles. The van der Waals surface area contributed by atoms with E-state index in [4.69, 9.17) is 4.74 Å². The van der Waals surface area contributed by atoms with Crippen molar-refractivity contribution < 1.29 is 23.9 Å². The van der Waals surface area contributed by atoms with E-state index in [9.17, 15) is 19.2 Å². The summed E-state index contributed by atoms with van der Waals surface area (Å²) >= 11 is 0. The van der Waals surface area contributed by atoms with Gasteiger partial charge >= 0.3 is 6.09 Å². The maximum atomic E-state index is 13.7. The van der Waals surface area contributed by atoms with Crippen LogP contribution in [0.15, 0.2) is 24.3 Å². The van der Waals surface area contributed by atoms with Crippen molar-refractivity contribution in [2.45, 2.75) is 115 Å². The molecule has 0 radical (unpaired) electrons. The molecule has 0 saturated carbocycles. The number of nitrogens with one attached hydrogen (secondary N) is 2. The number of hydrogen-bond donors (Lipinski definition) is 2. The van der Waals surface area contributed by atoms with E-state index in [-0.39, 0.29) is 23.9 Å². The van der Waals surface area contributed by atoms with Crippen LogP contribution in [0.1, 0.15) is 89.8 Å². The van der Waals surface area contributed by atoms with E-state index in [1.807, 2.05) is 12.1 Å². The van der Waals surface area contributed by atoms with Gasteiger partial charge < -0.3 is 20.3 Å². The molecule has 2 aliphatic heterocycles. The normalized spacial score (nSPS) is 25.9. The Morgan fingerprint density at radius 2 is 1.71 bits per heavy atom. The summed E-state index contributed by atoms with van der Waals surface area (Å²) in [6.07, 6.45) is 5.80. The fourth-order valence-electron chi connectivity index (χ4n) is 5.88. The van der Waals surface area contributed by atoms with E-state index in [0.29, 0.717) is 12.8 Å². The van der Waals surface area contributed by atoms with E-state index in [1.54, 1.807) is 32.6 Å². The molecule has 1 aromatic rings. The standard InChI is InChI=1S/C29H42N4O5/c1-18(32(5)28(37)38-29(2,3)4)25(34)31-23-15-9-12-20-16-17-24(33(20)27(23)36)26(35)30-22-14-8-11-19-10-6-7-13-21(19)22/h6-7,10,13,18,20,22-24H,8-9,11-12,14-17H2,1-5H3,(H,30,35)(H,31,34). The first kappa shape index (κ1) is 27.9. The lowest BCUT2D eigenvalue weighted by Gasteiger charge is -2.33. The van der Waals surface area contributed by atoms with Crippen LogP contribution in [0.4, 0.5) is 4.79 Å². The molecule has 2 fully saturated rings. The first-order chi connectivity index (χ1) is 18.0. The van der Waals surface area contributed by atoms with E-state index in [2.05, 4.69) is 22.8 Å². The third-order valence-electron chi connectivity index (χ3n) is 8.03. The van der Waals surface area contributed by atoms with E-state index in [1.165, 1.54) is 17.5 Å². The van der Waals surface area contributed by atoms with Crippen LogP contribution < -0.4 is 10.6 Å². The van der Waals surface area contributed by atoms with Crippen molar-refractivity contribution in [2.24, 2.45) is 0 Å². The van der Waals surface area contributed by atoms with Crippen molar-refractivity contribution in [1.29, 1.82) is 0 Å². The second-order valence-electron chi connectivity index (χ2n) is 11.9. The number of nitrogens with zero attached hydrogens (tertiary/aromatic N) is 2. The van der Waals surface area contributed by atoms with Crippen LogP contribution in [0, 0.1) is 0 Å². The minimum Gasteiger partial charge on any atom is -0.444 e. The predicted molar refractivity (Wildman–Crippen MR) is 143 cm³/mol. The van der Waals surface area contributed by atoms with Gasteiger partial charge in [0.2, 0.25) is 17.7 Å². The quantitative estimate of drug-likeness (QED) is 0.611. The van der Waals surface area contributed by atoms with Crippen LogP contribution in [0.25, 0.3) is 0 Å². The smallest absolute Gasteiger partial charge is 0.410 e. The Labute approximate surface area is 225 Å². The highest BCUT2D eigenvalue weighted by molar-refractivity contribution is 5.94. The lowest BCUT2D eigenvalue weighted by Crippen LogP contribution is -2.57. The first-order valence-electron chi connectivity index (χ1n) is 13.9. The van der Waals surface area contributed by atoms with Crippen LogP contribution in [0.5, 0.6) is 0 Å². The van der Waals surface area contributed by atoms with Gasteiger partial charge in [-0.25, -0.2) is 4.79 Å². The zero-order chi connectivity index (χ0) is 27.6. The van der Waals surface area contributed by atoms with Gasteiger partial charge in [-0.3, -0.25) is 19.3 Å². The predicted octanol–water partition coefficient (Wildman–Crippen LogP) is 3.46. The molecule has 4 amide bonds. The molecule has 0 aromatic heterocycles. The largest absolute Gasteiger partial charge is 0.444 e. The molecule has 2 N–H and O–H groups in total. The number of likely N-dealkylation sites (N-methyl/N-ethyl adjacent to an activating group) is 1. The molecule has 2 saturated heterocycles. The molecule has 3 aliphatic rings. The number of amides is 4. The van der Waals surface area contributed by atoms with Crippen molar-refractivity contribution in [1.82, 2.24) is 20.4 Å². The van der Waals surface area contributed by atoms with Gasteiger partial charge in [-0.05, 0) is 90.2 Å². The second-order valence-corrected chi connectivity index (χ2v) is 11.9. The van der Waals surface area contributed by atoms with Crippen LogP contribution in [0.2, 0.25) is 0 Å². The van der Waals surface area contributed by atoms with Gasteiger partial charge in [-0.1, -0.05) is 24.3 Å². The van der Waals surface area contributed by atoms with Crippen molar-refractivity contribution >= 4 is 23.8 Å². The molecule has 1 aliphatic carbocycles. The van der Waals surface area contributed by atoms with Crippen molar-refractivity contribution in [2.75, 3.05) is 7.05 Å². The van der Waals surface area contributed by atoms with Gasteiger partial charge in [-0.2, -0.15) is 0 Å². The van der Waals surface area contributed by atoms with Crippen molar-refractivity contribution in [3.8, 4) is 0 Å². The minimum absolute atomic E-state index is 0.000606. The number of benzene rings is 1. The summed E-state index contributed by atoms with van der Waals surface area (Å²) in [7, 11) is 1.51. The number of ether oxygens (including phenoxy) is 1. The summed E-state index contributed by atoms with van der Waals surface area (Å²) < 4.78 is 5.37. The molecule has 208 valence electrons. The zero-order valence-electron chi connectivity index (χ0n) is 23.3. The van der Waals surface area contributed by atoms with Crippen LogP contribution in [-0.2, 0) is 25.5 Å². The highest BCUT2D eigenvalue weighted by atomic mass is 16.6. The Balaban J connectivity index is 1.42. The van der Waals surface area contributed by atoms with Crippen molar-refractivity contribution in [3.05, 3.63) is 35.4 Å². The Morgan fingerprint density at radius 3 is 2.45 bits per heavy atom. The molecule has 9 heteroatoms. The Hall–Kier alpha value is -3.10. The number of aryl methyl sites for hydroxylation is 1. The molecule has 0 spiro atoms. The first-order valence-corrected chi connectivity index (χ1v) is 13.9. The summed E-state index contributed by atoms with van der Waals surface area (Å²) in [5.74, 6) is -0.753. The summed E-state index contributed by atoms with van der Waals surface area (Å²) in [6, 6.07) is 6.09. The van der Waals surface area contributed by atoms with Crippen LogP contribution >= 0.6 is 0 Å². The monoisotopic (exact) mass is 526 g/mol. The molecular weight excluding hydrogens is 484 g/mol. The number of fused-ring (bicyclic) bond motifs is 2. The van der Waals surface area contributed by atoms with Gasteiger partial charge in [0.1, 0.15) is 23.7 Å². The molecule has 5 atom stereocenters. The summed E-state index contributed by atoms with van der Waals surface area (Å²) in [6.45, 7) is 6.90. The van der Waals surface area contributed by atoms with Crippen LogP contribution in [-0.4, -0.2) is 70.4 Å². The Morgan fingerprint density at radius 1 is 1.00 bits per heavy atom. The highest BCUT2D eigenvalue weighted by Gasteiger charge is 2.45. The van der Waals surface area contributed by atoms with Crippen LogP contribution in [0.3, 0.4) is 0 Å². The van der Waals surface area contributed by atoms with Gasteiger partial charge in [0.25, 0.3) is 0 Å². The molecule has 2 heterocycles. The number of carbonyl (C=O) groups excluding carboxylic acids is 4. The minimum atomic E-state index is -0.819. The molecule has 9 nitrogen and oxygen atoms in total. The number of hydrogen-bond acceptors (Lipinski definition) is 5. The summed E-state index contributed by atoms with van der Waals surface area (Å²) in [5, 5.41) is 6.09. The lowest BCUT2D eigenvalue weighted by molar-refractivity contribution is -0.143. The average Bonchev–Trinajstić information content (AvgIpc) is 3.23. The third kappa shape index (κ3) is 6.13. The van der Waals surface area contributed by atoms with E-state index >= 15 is 0 Å². The molecule has 5 unspecified atom stereocenters. The van der Waals surface area contributed by atoms with E-state index < -0.39 is 35.7 Å². The summed E-state index contributed by atoms with van der Waals surface area (Å²) in [5.41, 5.74) is 1.75. The third-order valence-corrected chi connectivity index (χ3v) is 8.03. The van der Waals surface area contributed by atoms with Crippen molar-refractivity contribution in [3.63, 3.8) is 0 Å². The molecular formula is C29H42N4O5. The maximum Gasteiger partial charge on any atom is 0.410 e.